The maximum Gasteiger partial charge on any atom is 0.334 e. The van der Waals surface area contributed by atoms with Crippen LogP contribution in [0.25, 0.3) is 0 Å². The number of carbonyl (C=O) groups is 4. The molecular formula is C16H22N4O4. The molecule has 1 saturated heterocycles. The van der Waals surface area contributed by atoms with Crippen molar-refractivity contribution in [3.8, 4) is 6.07 Å². The molecule has 8 heteroatoms. The Morgan fingerprint density at radius 1 is 1.17 bits per heavy atom. The average Bonchev–Trinajstić information content (AvgIpc) is 2.73. The highest BCUT2D eigenvalue weighted by Gasteiger charge is 2.45. The number of rotatable bonds is 5. The second-order valence-corrected chi connectivity index (χ2v) is 6.79. The van der Waals surface area contributed by atoms with Crippen molar-refractivity contribution < 1.29 is 19.2 Å². The summed E-state index contributed by atoms with van der Waals surface area (Å²) in [6.07, 6.45) is 3.80. The Morgan fingerprint density at radius 2 is 1.75 bits per heavy atom. The van der Waals surface area contributed by atoms with Gasteiger partial charge in [0, 0.05) is 6.54 Å². The van der Waals surface area contributed by atoms with Gasteiger partial charge in [-0.05, 0) is 18.8 Å². The molecule has 0 radical (unpaired) electrons. The Hall–Kier alpha value is -2.43. The standard InChI is InChI=1S/C16H22N4O4/c1-11(2)8-19-13(22)14(23)20(15(19)24)9-12(21)18-16(10-17)6-4-3-5-7-16/h11H,3-9H2,1-2H3,(H,18,21). The van der Waals surface area contributed by atoms with Gasteiger partial charge in [-0.3, -0.25) is 19.3 Å². The van der Waals surface area contributed by atoms with Gasteiger partial charge in [0.1, 0.15) is 12.1 Å². The van der Waals surface area contributed by atoms with E-state index in [-0.39, 0.29) is 12.5 Å². The minimum absolute atomic E-state index is 0.0172. The summed E-state index contributed by atoms with van der Waals surface area (Å²) in [6, 6.07) is 1.37. The van der Waals surface area contributed by atoms with E-state index in [9.17, 15) is 24.4 Å². The van der Waals surface area contributed by atoms with Gasteiger partial charge in [-0.15, -0.1) is 0 Å². The zero-order valence-corrected chi connectivity index (χ0v) is 14.0. The highest BCUT2D eigenvalue weighted by atomic mass is 16.2. The number of nitriles is 1. The summed E-state index contributed by atoms with van der Waals surface area (Å²) in [6.45, 7) is 3.23. The maximum atomic E-state index is 12.2. The van der Waals surface area contributed by atoms with Gasteiger partial charge < -0.3 is 5.32 Å². The van der Waals surface area contributed by atoms with Crippen LogP contribution in [0.4, 0.5) is 4.79 Å². The molecule has 0 atom stereocenters. The van der Waals surface area contributed by atoms with Crippen molar-refractivity contribution >= 4 is 23.8 Å². The third-order valence-electron chi connectivity index (χ3n) is 4.28. The van der Waals surface area contributed by atoms with Crippen molar-refractivity contribution in [2.75, 3.05) is 13.1 Å². The van der Waals surface area contributed by atoms with Crippen LogP contribution in [0, 0.1) is 17.2 Å². The number of urea groups is 1. The summed E-state index contributed by atoms with van der Waals surface area (Å²) in [7, 11) is 0. The van der Waals surface area contributed by atoms with Gasteiger partial charge in [0.05, 0.1) is 6.07 Å². The lowest BCUT2D eigenvalue weighted by molar-refractivity contribution is -0.144. The van der Waals surface area contributed by atoms with E-state index in [1.807, 2.05) is 13.8 Å². The van der Waals surface area contributed by atoms with E-state index >= 15 is 0 Å². The number of nitrogens with one attached hydrogen (secondary N) is 1. The first kappa shape index (κ1) is 17.9. The summed E-state index contributed by atoms with van der Waals surface area (Å²) in [4.78, 5) is 49.8. The molecule has 1 saturated carbocycles. The smallest absolute Gasteiger partial charge is 0.334 e. The molecule has 2 rings (SSSR count). The van der Waals surface area contributed by atoms with E-state index in [2.05, 4.69) is 11.4 Å². The van der Waals surface area contributed by atoms with Crippen LogP contribution >= 0.6 is 0 Å². The zero-order chi connectivity index (χ0) is 17.9. The molecule has 0 aromatic heterocycles. The molecular weight excluding hydrogens is 312 g/mol. The molecule has 1 heterocycles. The first-order valence-electron chi connectivity index (χ1n) is 8.19. The van der Waals surface area contributed by atoms with Crippen LogP contribution in [0.5, 0.6) is 0 Å². The van der Waals surface area contributed by atoms with Gasteiger partial charge in [-0.2, -0.15) is 5.26 Å². The average molecular weight is 334 g/mol. The Labute approximate surface area is 140 Å². The molecule has 0 aromatic rings. The first-order chi connectivity index (χ1) is 11.3. The molecule has 0 bridgehead atoms. The Bertz CT molecular complexity index is 602. The lowest BCUT2D eigenvalue weighted by Crippen LogP contribution is -2.52. The predicted molar refractivity (Wildman–Crippen MR) is 83.2 cm³/mol. The molecule has 0 spiro atoms. The fourth-order valence-corrected chi connectivity index (χ4v) is 3.09. The Morgan fingerprint density at radius 3 is 2.29 bits per heavy atom. The van der Waals surface area contributed by atoms with E-state index in [0.717, 1.165) is 24.2 Å². The lowest BCUT2D eigenvalue weighted by Gasteiger charge is -2.31. The summed E-state index contributed by atoms with van der Waals surface area (Å²) in [5.74, 6) is -2.48. The van der Waals surface area contributed by atoms with Crippen molar-refractivity contribution in [2.24, 2.45) is 5.92 Å². The highest BCUT2D eigenvalue weighted by Crippen LogP contribution is 2.27. The lowest BCUT2D eigenvalue weighted by atomic mass is 9.83. The fourth-order valence-electron chi connectivity index (χ4n) is 3.09. The SMILES string of the molecule is CC(C)CN1C(=O)C(=O)N(CC(=O)NC2(C#N)CCCCC2)C1=O. The summed E-state index contributed by atoms with van der Waals surface area (Å²) in [5, 5.41) is 12.0. The molecule has 0 unspecified atom stereocenters. The van der Waals surface area contributed by atoms with Gasteiger partial charge in [0.25, 0.3) is 0 Å². The van der Waals surface area contributed by atoms with E-state index in [1.54, 1.807) is 0 Å². The van der Waals surface area contributed by atoms with Crippen molar-refractivity contribution in [1.29, 1.82) is 5.26 Å². The number of carbonyl (C=O) groups excluding carboxylic acids is 4. The zero-order valence-electron chi connectivity index (χ0n) is 14.0. The molecule has 2 fully saturated rings. The fraction of sp³-hybridized carbons (Fsp3) is 0.688. The molecule has 8 nitrogen and oxygen atoms in total. The van der Waals surface area contributed by atoms with Gasteiger partial charge in [0.2, 0.25) is 5.91 Å². The topological polar surface area (TPSA) is 111 Å². The minimum Gasteiger partial charge on any atom is -0.336 e. The third-order valence-corrected chi connectivity index (χ3v) is 4.28. The van der Waals surface area contributed by atoms with Crippen LogP contribution in [0.2, 0.25) is 0 Å². The third kappa shape index (κ3) is 3.55. The Balaban J connectivity index is 2.03. The van der Waals surface area contributed by atoms with E-state index in [0.29, 0.717) is 17.7 Å². The predicted octanol–water partition coefficient (Wildman–Crippen LogP) is 0.776. The summed E-state index contributed by atoms with van der Waals surface area (Å²) >= 11 is 0. The molecule has 1 aliphatic heterocycles. The number of nitrogens with zero attached hydrogens (tertiary/aromatic N) is 3. The van der Waals surface area contributed by atoms with Crippen molar-refractivity contribution in [3.63, 3.8) is 0 Å². The molecule has 2 aliphatic rings. The van der Waals surface area contributed by atoms with Crippen LogP contribution in [0.15, 0.2) is 0 Å². The molecule has 0 aromatic carbocycles. The van der Waals surface area contributed by atoms with Crippen molar-refractivity contribution in [2.45, 2.75) is 51.5 Å². The molecule has 1 N–H and O–H groups in total. The maximum absolute atomic E-state index is 12.2. The van der Waals surface area contributed by atoms with Crippen molar-refractivity contribution in [1.82, 2.24) is 15.1 Å². The monoisotopic (exact) mass is 334 g/mol. The second kappa shape index (κ2) is 6.99. The second-order valence-electron chi connectivity index (χ2n) is 6.79. The quantitative estimate of drug-likeness (QED) is 0.590. The van der Waals surface area contributed by atoms with Crippen molar-refractivity contribution in [3.05, 3.63) is 0 Å². The number of imide groups is 2. The van der Waals surface area contributed by atoms with E-state index in [4.69, 9.17) is 0 Å². The van der Waals surface area contributed by atoms with Gasteiger partial charge in [-0.25, -0.2) is 9.69 Å². The van der Waals surface area contributed by atoms with Gasteiger partial charge in [-0.1, -0.05) is 33.1 Å². The molecule has 24 heavy (non-hydrogen) atoms. The number of hydrogen-bond donors (Lipinski definition) is 1. The van der Waals surface area contributed by atoms with Crippen LogP contribution in [-0.2, 0) is 14.4 Å². The number of amides is 5. The largest absolute Gasteiger partial charge is 0.336 e. The minimum atomic E-state index is -0.995. The normalized spacial score (nSPS) is 20.5. The van der Waals surface area contributed by atoms with Crippen LogP contribution in [0.3, 0.4) is 0 Å². The highest BCUT2D eigenvalue weighted by molar-refractivity contribution is 6.45. The molecule has 5 amide bonds. The summed E-state index contributed by atoms with van der Waals surface area (Å²) < 4.78 is 0. The first-order valence-corrected chi connectivity index (χ1v) is 8.19. The van der Waals surface area contributed by atoms with Crippen LogP contribution < -0.4 is 5.32 Å². The van der Waals surface area contributed by atoms with E-state index < -0.39 is 35.8 Å². The van der Waals surface area contributed by atoms with E-state index in [1.165, 1.54) is 0 Å². The van der Waals surface area contributed by atoms with Crippen LogP contribution in [0.1, 0.15) is 46.0 Å². The summed E-state index contributed by atoms with van der Waals surface area (Å²) in [5.41, 5.74) is -0.942. The Kier molecular flexibility index (Phi) is 5.22. The number of hydrogen-bond acceptors (Lipinski definition) is 5. The van der Waals surface area contributed by atoms with Gasteiger partial charge in [0.15, 0.2) is 0 Å². The molecule has 130 valence electrons. The van der Waals surface area contributed by atoms with Crippen LogP contribution in [-0.4, -0.2) is 52.2 Å². The molecule has 1 aliphatic carbocycles. The van der Waals surface area contributed by atoms with Gasteiger partial charge >= 0.3 is 17.8 Å².